The van der Waals surface area contributed by atoms with Gasteiger partial charge in [-0.05, 0) is 68.7 Å². The summed E-state index contributed by atoms with van der Waals surface area (Å²) < 4.78 is 6.04. The van der Waals surface area contributed by atoms with E-state index in [0.717, 1.165) is 17.0 Å². The Bertz CT molecular complexity index is 525. The van der Waals surface area contributed by atoms with Gasteiger partial charge in [-0.2, -0.15) is 0 Å². The zero-order valence-corrected chi connectivity index (χ0v) is 14.3. The van der Waals surface area contributed by atoms with Gasteiger partial charge in [0.15, 0.2) is 0 Å². The lowest BCUT2D eigenvalue weighted by Crippen LogP contribution is -2.51. The SMILES string of the molecule is COC(C1CC1)[C@@H]1[C@H](c2ccc(Cl)cc2)C[C@H]2CC[C@@H]1N2C. The Hall–Kier alpha value is -0.570. The van der Waals surface area contributed by atoms with Crippen LogP contribution < -0.4 is 0 Å². The predicted octanol–water partition coefficient (Wildman–Crippen LogP) is 4.33. The summed E-state index contributed by atoms with van der Waals surface area (Å²) in [5.41, 5.74) is 1.46. The van der Waals surface area contributed by atoms with Gasteiger partial charge in [0.2, 0.25) is 0 Å². The maximum atomic E-state index is 6.10. The molecule has 0 spiro atoms. The van der Waals surface area contributed by atoms with Gasteiger partial charge in [0.05, 0.1) is 6.10 Å². The van der Waals surface area contributed by atoms with Crippen molar-refractivity contribution in [2.75, 3.05) is 14.2 Å². The Morgan fingerprint density at radius 2 is 1.86 bits per heavy atom. The lowest BCUT2D eigenvalue weighted by Gasteiger charge is -2.46. The van der Waals surface area contributed by atoms with Crippen molar-refractivity contribution in [3.8, 4) is 0 Å². The van der Waals surface area contributed by atoms with E-state index in [-0.39, 0.29) is 0 Å². The quantitative estimate of drug-likeness (QED) is 0.819. The average Bonchev–Trinajstić information content (AvgIpc) is 3.31. The van der Waals surface area contributed by atoms with Crippen molar-refractivity contribution in [2.24, 2.45) is 11.8 Å². The third-order valence-corrected chi connectivity index (χ3v) is 6.62. The predicted molar refractivity (Wildman–Crippen MR) is 90.4 cm³/mol. The molecule has 2 heterocycles. The molecule has 3 aliphatic rings. The first kappa shape index (κ1) is 15.0. The lowest BCUT2D eigenvalue weighted by atomic mass is 9.72. The molecule has 0 aromatic heterocycles. The topological polar surface area (TPSA) is 12.5 Å². The number of hydrogen-bond acceptors (Lipinski definition) is 2. The smallest absolute Gasteiger partial charge is 0.0648 e. The second kappa shape index (κ2) is 5.81. The van der Waals surface area contributed by atoms with Gasteiger partial charge in [-0.15, -0.1) is 0 Å². The number of hydrogen-bond donors (Lipinski definition) is 0. The van der Waals surface area contributed by atoms with Crippen LogP contribution in [0.5, 0.6) is 0 Å². The fraction of sp³-hybridized carbons (Fsp3) is 0.684. The molecule has 3 heteroatoms. The van der Waals surface area contributed by atoms with E-state index in [0.29, 0.717) is 24.0 Å². The average molecular weight is 320 g/mol. The largest absolute Gasteiger partial charge is 0.381 e. The highest BCUT2D eigenvalue weighted by Gasteiger charge is 2.51. The monoisotopic (exact) mass is 319 g/mol. The van der Waals surface area contributed by atoms with E-state index in [1.54, 1.807) is 0 Å². The Morgan fingerprint density at radius 3 is 2.50 bits per heavy atom. The number of halogens is 1. The van der Waals surface area contributed by atoms with Crippen LogP contribution in [0.1, 0.15) is 43.6 Å². The van der Waals surface area contributed by atoms with Crippen molar-refractivity contribution in [3.05, 3.63) is 34.9 Å². The summed E-state index contributed by atoms with van der Waals surface area (Å²) in [5.74, 6) is 2.04. The molecule has 2 aliphatic heterocycles. The molecule has 0 N–H and O–H groups in total. The van der Waals surface area contributed by atoms with E-state index in [9.17, 15) is 0 Å². The Kier molecular flexibility index (Phi) is 3.96. The molecule has 1 aromatic rings. The number of nitrogens with zero attached hydrogens (tertiary/aromatic N) is 1. The van der Waals surface area contributed by atoms with E-state index in [1.165, 1.54) is 37.7 Å². The molecule has 0 radical (unpaired) electrons. The van der Waals surface area contributed by atoms with Crippen molar-refractivity contribution in [3.63, 3.8) is 0 Å². The second-order valence-electron chi connectivity index (χ2n) is 7.47. The highest BCUT2D eigenvalue weighted by molar-refractivity contribution is 6.30. The van der Waals surface area contributed by atoms with E-state index < -0.39 is 0 Å². The van der Waals surface area contributed by atoms with Gasteiger partial charge in [0.25, 0.3) is 0 Å². The van der Waals surface area contributed by atoms with Gasteiger partial charge in [-0.3, -0.25) is 0 Å². The molecule has 4 rings (SSSR count). The van der Waals surface area contributed by atoms with Crippen molar-refractivity contribution in [1.29, 1.82) is 0 Å². The molecule has 0 amide bonds. The Balaban J connectivity index is 1.69. The van der Waals surface area contributed by atoms with Crippen LogP contribution in [0.25, 0.3) is 0 Å². The van der Waals surface area contributed by atoms with E-state index in [4.69, 9.17) is 16.3 Å². The van der Waals surface area contributed by atoms with Crippen LogP contribution in [0, 0.1) is 11.8 Å². The van der Waals surface area contributed by atoms with Gasteiger partial charge >= 0.3 is 0 Å². The van der Waals surface area contributed by atoms with Gasteiger partial charge in [-0.1, -0.05) is 23.7 Å². The number of ether oxygens (including phenoxy) is 1. The normalized spacial score (nSPS) is 36.5. The summed E-state index contributed by atoms with van der Waals surface area (Å²) in [6, 6.07) is 10.0. The minimum Gasteiger partial charge on any atom is -0.381 e. The van der Waals surface area contributed by atoms with E-state index >= 15 is 0 Å². The maximum Gasteiger partial charge on any atom is 0.0648 e. The zero-order chi connectivity index (χ0) is 15.3. The molecule has 1 aromatic carbocycles. The third kappa shape index (κ3) is 2.50. The molecule has 1 saturated carbocycles. The fourth-order valence-electron chi connectivity index (χ4n) is 5.11. The highest BCUT2D eigenvalue weighted by Crippen LogP contribution is 2.52. The van der Waals surface area contributed by atoms with E-state index in [1.807, 2.05) is 19.2 Å². The summed E-state index contributed by atoms with van der Waals surface area (Å²) in [6.07, 6.45) is 7.08. The minimum atomic E-state index is 0.423. The first-order valence-corrected chi connectivity index (χ1v) is 9.07. The van der Waals surface area contributed by atoms with Gasteiger partial charge in [0, 0.05) is 30.1 Å². The molecule has 2 saturated heterocycles. The first-order chi connectivity index (χ1) is 10.7. The fourth-order valence-corrected chi connectivity index (χ4v) is 5.24. The van der Waals surface area contributed by atoms with Crippen LogP contribution in [0.15, 0.2) is 24.3 Å². The van der Waals surface area contributed by atoms with Crippen molar-refractivity contribution in [2.45, 2.75) is 56.2 Å². The minimum absolute atomic E-state index is 0.423. The molecule has 120 valence electrons. The molecule has 22 heavy (non-hydrogen) atoms. The molecule has 1 unspecified atom stereocenters. The van der Waals surface area contributed by atoms with Gasteiger partial charge in [-0.25, -0.2) is 0 Å². The standard InChI is InChI=1S/C19H26ClNO/c1-21-15-9-10-17(21)18(19(22-2)13-3-4-13)16(11-15)12-5-7-14(20)8-6-12/h5-8,13,15-19H,3-4,9-11H2,1-2H3/t15-,16+,17+,18-,19?/m1/s1. The van der Waals surface area contributed by atoms with Crippen LogP contribution in [0.2, 0.25) is 5.02 Å². The molecule has 1 aliphatic carbocycles. The van der Waals surface area contributed by atoms with Crippen LogP contribution in [0.3, 0.4) is 0 Å². The zero-order valence-electron chi connectivity index (χ0n) is 13.5. The van der Waals surface area contributed by atoms with Gasteiger partial charge < -0.3 is 9.64 Å². The Labute approximate surface area is 138 Å². The van der Waals surface area contributed by atoms with Gasteiger partial charge in [0.1, 0.15) is 0 Å². The van der Waals surface area contributed by atoms with Crippen molar-refractivity contribution in [1.82, 2.24) is 4.90 Å². The molecule has 2 bridgehead atoms. The van der Waals surface area contributed by atoms with Crippen molar-refractivity contribution >= 4 is 11.6 Å². The summed E-state index contributed by atoms with van der Waals surface area (Å²) >= 11 is 6.10. The molecular weight excluding hydrogens is 294 g/mol. The third-order valence-electron chi connectivity index (χ3n) is 6.37. The summed E-state index contributed by atoms with van der Waals surface area (Å²) in [5, 5.41) is 0.835. The number of benzene rings is 1. The maximum absolute atomic E-state index is 6.10. The van der Waals surface area contributed by atoms with Crippen LogP contribution in [-0.4, -0.2) is 37.2 Å². The van der Waals surface area contributed by atoms with Crippen molar-refractivity contribution < 1.29 is 4.74 Å². The van der Waals surface area contributed by atoms with E-state index in [2.05, 4.69) is 24.1 Å². The number of rotatable bonds is 4. The second-order valence-corrected chi connectivity index (χ2v) is 7.91. The molecule has 2 nitrogen and oxygen atoms in total. The Morgan fingerprint density at radius 1 is 1.14 bits per heavy atom. The highest BCUT2D eigenvalue weighted by atomic mass is 35.5. The first-order valence-electron chi connectivity index (χ1n) is 8.69. The molecular formula is C19H26ClNO. The molecule has 3 fully saturated rings. The number of piperidine rings is 1. The summed E-state index contributed by atoms with van der Waals surface area (Å²) in [4.78, 5) is 2.64. The molecule has 5 atom stereocenters. The van der Waals surface area contributed by atoms with Crippen LogP contribution >= 0.6 is 11.6 Å². The summed E-state index contributed by atoms with van der Waals surface area (Å²) in [6.45, 7) is 0. The number of methoxy groups -OCH3 is 1. The lowest BCUT2D eigenvalue weighted by molar-refractivity contribution is -0.0320. The van der Waals surface area contributed by atoms with Crippen LogP contribution in [0.4, 0.5) is 0 Å². The number of fused-ring (bicyclic) bond motifs is 2. The van der Waals surface area contributed by atoms with Crippen LogP contribution in [-0.2, 0) is 4.74 Å². The summed E-state index contributed by atoms with van der Waals surface area (Å²) in [7, 11) is 4.25.